The lowest BCUT2D eigenvalue weighted by Crippen LogP contribution is -1.79. The molecule has 0 fully saturated rings. The molecule has 0 aliphatic rings. The Kier molecular flexibility index (Phi) is 3.37. The van der Waals surface area contributed by atoms with Crippen LogP contribution in [0.15, 0.2) is 79.4 Å². The Morgan fingerprint density at radius 2 is 1.76 bits per heavy atom. The Morgan fingerprint density at radius 3 is 2.62 bits per heavy atom. The van der Waals surface area contributed by atoms with E-state index in [4.69, 9.17) is 0 Å². The van der Waals surface area contributed by atoms with Crippen LogP contribution in [0.3, 0.4) is 0 Å². The number of benzene rings is 2. The van der Waals surface area contributed by atoms with Gasteiger partial charge in [0.05, 0.1) is 17.4 Å². The molecule has 3 N–H and O–H groups in total. The Hall–Kier alpha value is -4.19. The van der Waals surface area contributed by atoms with E-state index in [1.54, 1.807) is 6.20 Å². The van der Waals surface area contributed by atoms with Crippen molar-refractivity contribution in [2.45, 2.75) is 0 Å². The second kappa shape index (κ2) is 6.17. The summed E-state index contributed by atoms with van der Waals surface area (Å²) in [5.74, 6) is 0. The van der Waals surface area contributed by atoms with Gasteiger partial charge in [-0.1, -0.05) is 24.3 Å². The van der Waals surface area contributed by atoms with Crippen molar-refractivity contribution in [2.24, 2.45) is 0 Å². The van der Waals surface area contributed by atoms with Gasteiger partial charge in [-0.15, -0.1) is 0 Å². The first kappa shape index (κ1) is 15.8. The molecular weight excluding hydrogens is 360 g/mol. The van der Waals surface area contributed by atoms with E-state index >= 15 is 0 Å². The zero-order valence-corrected chi connectivity index (χ0v) is 15.3. The van der Waals surface area contributed by atoms with Crippen LogP contribution in [0.5, 0.6) is 0 Å². The number of fused-ring (bicyclic) bond motifs is 2. The standard InChI is InChI=1S/C23H16N6/c1-4-17(15-3-2-8-24-11-15)18-10-22(27-20(18)5-1)23-19-9-14(16-12-25-26-13-16)6-7-21(19)28-29-23/h1-13,27H,(H,25,26)(H,28,29). The van der Waals surface area contributed by atoms with Gasteiger partial charge >= 0.3 is 0 Å². The molecule has 6 nitrogen and oxygen atoms in total. The van der Waals surface area contributed by atoms with Crippen molar-refractivity contribution in [3.05, 3.63) is 79.4 Å². The molecule has 0 aliphatic heterocycles. The number of rotatable bonds is 3. The molecule has 2 aromatic carbocycles. The van der Waals surface area contributed by atoms with E-state index in [9.17, 15) is 0 Å². The quantitative estimate of drug-likeness (QED) is 0.398. The molecule has 0 unspecified atom stereocenters. The molecule has 6 heteroatoms. The minimum absolute atomic E-state index is 0.902. The number of H-pyrrole nitrogens is 3. The van der Waals surface area contributed by atoms with Crippen LogP contribution in [0.2, 0.25) is 0 Å². The molecule has 29 heavy (non-hydrogen) atoms. The van der Waals surface area contributed by atoms with Gasteiger partial charge in [0.2, 0.25) is 0 Å². The van der Waals surface area contributed by atoms with Gasteiger partial charge in [0.15, 0.2) is 0 Å². The molecule has 0 aliphatic carbocycles. The summed E-state index contributed by atoms with van der Waals surface area (Å²) < 4.78 is 0. The maximum absolute atomic E-state index is 4.59. The summed E-state index contributed by atoms with van der Waals surface area (Å²) in [5.41, 5.74) is 8.35. The lowest BCUT2D eigenvalue weighted by atomic mass is 10.0. The number of aromatic nitrogens is 6. The fraction of sp³-hybridized carbons (Fsp3) is 0. The van der Waals surface area contributed by atoms with Crippen molar-refractivity contribution in [3.63, 3.8) is 0 Å². The van der Waals surface area contributed by atoms with Crippen LogP contribution in [0.25, 0.3) is 55.4 Å². The van der Waals surface area contributed by atoms with Crippen molar-refractivity contribution >= 4 is 21.8 Å². The fourth-order valence-electron chi connectivity index (χ4n) is 3.86. The van der Waals surface area contributed by atoms with Crippen LogP contribution in [-0.4, -0.2) is 30.4 Å². The molecule has 6 aromatic rings. The van der Waals surface area contributed by atoms with Crippen molar-refractivity contribution in [1.82, 2.24) is 30.4 Å². The van der Waals surface area contributed by atoms with Crippen LogP contribution < -0.4 is 0 Å². The third kappa shape index (κ3) is 2.54. The highest BCUT2D eigenvalue weighted by molar-refractivity contribution is 6.01. The smallest absolute Gasteiger partial charge is 0.116 e. The van der Waals surface area contributed by atoms with Crippen LogP contribution in [0.4, 0.5) is 0 Å². The molecular formula is C23H16N6. The number of aromatic amines is 3. The zero-order chi connectivity index (χ0) is 19.2. The number of hydrogen-bond acceptors (Lipinski definition) is 3. The van der Waals surface area contributed by atoms with Crippen molar-refractivity contribution in [3.8, 4) is 33.6 Å². The van der Waals surface area contributed by atoms with Gasteiger partial charge in [-0.25, -0.2) is 0 Å². The summed E-state index contributed by atoms with van der Waals surface area (Å²) in [4.78, 5) is 7.80. The molecule has 0 saturated heterocycles. The maximum Gasteiger partial charge on any atom is 0.116 e. The Morgan fingerprint density at radius 1 is 0.759 bits per heavy atom. The number of hydrogen-bond donors (Lipinski definition) is 3. The molecule has 4 heterocycles. The van der Waals surface area contributed by atoms with E-state index in [0.29, 0.717) is 0 Å². The van der Waals surface area contributed by atoms with E-state index in [-0.39, 0.29) is 0 Å². The minimum Gasteiger partial charge on any atom is -0.353 e. The highest BCUT2D eigenvalue weighted by atomic mass is 15.1. The van der Waals surface area contributed by atoms with E-state index < -0.39 is 0 Å². The molecule has 0 saturated carbocycles. The third-order valence-electron chi connectivity index (χ3n) is 5.29. The summed E-state index contributed by atoms with van der Waals surface area (Å²) in [6.07, 6.45) is 7.40. The monoisotopic (exact) mass is 376 g/mol. The number of nitrogens with one attached hydrogen (secondary N) is 3. The molecule has 6 rings (SSSR count). The summed E-state index contributed by atoms with van der Waals surface area (Å²) in [5, 5.41) is 16.9. The number of pyridine rings is 1. The SMILES string of the molecule is c1cncc(-c2cccc3[nH]c(-c4n[nH]c5ccc(-c6cn[nH]c6)cc45)cc23)c1. The van der Waals surface area contributed by atoms with Gasteiger partial charge in [0, 0.05) is 46.0 Å². The normalized spacial score (nSPS) is 11.4. The maximum atomic E-state index is 4.59. The van der Waals surface area contributed by atoms with Crippen molar-refractivity contribution < 1.29 is 0 Å². The molecule has 0 radical (unpaired) electrons. The van der Waals surface area contributed by atoms with Gasteiger partial charge in [-0.05, 0) is 41.5 Å². The van der Waals surface area contributed by atoms with Gasteiger partial charge in [-0.2, -0.15) is 10.2 Å². The second-order valence-electron chi connectivity index (χ2n) is 7.01. The van der Waals surface area contributed by atoms with E-state index in [1.165, 1.54) is 0 Å². The zero-order valence-electron chi connectivity index (χ0n) is 15.3. The summed E-state index contributed by atoms with van der Waals surface area (Å²) in [6, 6.07) is 18.7. The summed E-state index contributed by atoms with van der Waals surface area (Å²) in [6.45, 7) is 0. The minimum atomic E-state index is 0.902. The van der Waals surface area contributed by atoms with Crippen molar-refractivity contribution in [1.29, 1.82) is 0 Å². The third-order valence-corrected chi connectivity index (χ3v) is 5.29. The highest BCUT2D eigenvalue weighted by Crippen LogP contribution is 2.34. The van der Waals surface area contributed by atoms with Gasteiger partial charge < -0.3 is 4.98 Å². The van der Waals surface area contributed by atoms with E-state index in [0.717, 1.165) is 55.4 Å². The van der Waals surface area contributed by atoms with Gasteiger partial charge in [0.25, 0.3) is 0 Å². The van der Waals surface area contributed by atoms with Gasteiger partial charge in [-0.3, -0.25) is 15.2 Å². The lowest BCUT2D eigenvalue weighted by molar-refractivity contribution is 1.09. The molecule has 0 atom stereocenters. The first-order chi connectivity index (χ1) is 14.4. The average molecular weight is 376 g/mol. The van der Waals surface area contributed by atoms with Crippen molar-refractivity contribution in [2.75, 3.05) is 0 Å². The molecule has 0 bridgehead atoms. The fourth-order valence-corrected chi connectivity index (χ4v) is 3.86. The van der Waals surface area contributed by atoms with Gasteiger partial charge in [0.1, 0.15) is 5.69 Å². The first-order valence-electron chi connectivity index (χ1n) is 9.36. The highest BCUT2D eigenvalue weighted by Gasteiger charge is 2.14. The first-order valence-corrected chi connectivity index (χ1v) is 9.36. The Labute approximate surface area is 165 Å². The van der Waals surface area contributed by atoms with Crippen LogP contribution >= 0.6 is 0 Å². The Bertz CT molecular complexity index is 1440. The predicted molar refractivity (Wildman–Crippen MR) is 114 cm³/mol. The molecule has 4 aromatic heterocycles. The van der Waals surface area contributed by atoms with Crippen LogP contribution in [-0.2, 0) is 0 Å². The molecule has 138 valence electrons. The van der Waals surface area contributed by atoms with E-state index in [1.807, 2.05) is 24.7 Å². The Balaban J connectivity index is 1.54. The average Bonchev–Trinajstić information content (AvgIpc) is 3.52. The second-order valence-corrected chi connectivity index (χ2v) is 7.01. The van der Waals surface area contributed by atoms with E-state index in [2.05, 4.69) is 78.9 Å². The number of nitrogens with zero attached hydrogens (tertiary/aromatic N) is 3. The van der Waals surface area contributed by atoms with Crippen LogP contribution in [0, 0.1) is 0 Å². The molecule has 0 amide bonds. The topological polar surface area (TPSA) is 86.0 Å². The van der Waals surface area contributed by atoms with Crippen LogP contribution in [0.1, 0.15) is 0 Å². The predicted octanol–water partition coefficient (Wildman–Crippen LogP) is 5.16. The largest absolute Gasteiger partial charge is 0.353 e. The summed E-state index contributed by atoms with van der Waals surface area (Å²) >= 11 is 0. The molecule has 0 spiro atoms. The lowest BCUT2D eigenvalue weighted by Gasteiger charge is -2.02. The summed E-state index contributed by atoms with van der Waals surface area (Å²) in [7, 11) is 0.